The Morgan fingerprint density at radius 1 is 1.21 bits per heavy atom. The zero-order chi connectivity index (χ0) is 18.6. The van der Waals surface area contributed by atoms with E-state index in [0.29, 0.717) is 0 Å². The fraction of sp³-hybridized carbons (Fsp3) is 0.529. The first kappa shape index (κ1) is 21.5. The second-order valence-electron chi connectivity index (χ2n) is 7.07. The molecular formula is C17H24F3IO2Si. The Hall–Kier alpha value is -0.543. The Labute approximate surface area is 156 Å². The molecule has 0 saturated heterocycles. The van der Waals surface area contributed by atoms with Crippen LogP contribution in [0.25, 0.3) is 0 Å². The number of ether oxygens (including phenoxy) is 1. The second kappa shape index (κ2) is 8.22. The SMILES string of the molecule is CC(C)(C)[Si](C)(C)O[C@H](C=CI)COc1cccc(C(F)(F)F)c1. The van der Waals surface area contributed by atoms with Crippen LogP contribution in [0.15, 0.2) is 34.4 Å². The molecule has 0 bridgehead atoms. The molecule has 0 aliphatic carbocycles. The number of hydrogen-bond donors (Lipinski definition) is 0. The van der Waals surface area contributed by atoms with Crippen molar-refractivity contribution in [3.8, 4) is 5.75 Å². The highest BCUT2D eigenvalue weighted by Gasteiger charge is 2.39. The summed E-state index contributed by atoms with van der Waals surface area (Å²) >= 11 is 2.10. The van der Waals surface area contributed by atoms with Crippen LogP contribution in [0.2, 0.25) is 18.1 Å². The van der Waals surface area contributed by atoms with Crippen molar-refractivity contribution < 1.29 is 22.3 Å². The monoisotopic (exact) mass is 472 g/mol. The lowest BCUT2D eigenvalue weighted by atomic mass is 10.2. The van der Waals surface area contributed by atoms with E-state index in [0.717, 1.165) is 12.1 Å². The summed E-state index contributed by atoms with van der Waals surface area (Å²) in [5, 5.41) is 0.0422. The van der Waals surface area contributed by atoms with Gasteiger partial charge in [0.1, 0.15) is 12.4 Å². The number of halogens is 4. The highest BCUT2D eigenvalue weighted by atomic mass is 127. The van der Waals surface area contributed by atoms with E-state index >= 15 is 0 Å². The average molecular weight is 472 g/mol. The topological polar surface area (TPSA) is 18.5 Å². The summed E-state index contributed by atoms with van der Waals surface area (Å²) in [7, 11) is -2.00. The minimum atomic E-state index is -4.38. The molecule has 0 aliphatic rings. The molecule has 0 saturated carbocycles. The Bertz CT molecular complexity index is 566. The second-order valence-corrected chi connectivity index (χ2v) is 12.5. The first-order valence-electron chi connectivity index (χ1n) is 7.61. The minimum Gasteiger partial charge on any atom is -0.491 e. The third-order valence-electron chi connectivity index (χ3n) is 4.12. The lowest BCUT2D eigenvalue weighted by molar-refractivity contribution is -0.137. The van der Waals surface area contributed by atoms with Crippen LogP contribution < -0.4 is 4.74 Å². The van der Waals surface area contributed by atoms with Gasteiger partial charge in [-0.2, -0.15) is 13.2 Å². The first-order valence-corrected chi connectivity index (χ1v) is 11.8. The van der Waals surface area contributed by atoms with Gasteiger partial charge in [-0.1, -0.05) is 49.4 Å². The highest BCUT2D eigenvalue weighted by molar-refractivity contribution is 14.1. The van der Waals surface area contributed by atoms with E-state index in [-0.39, 0.29) is 23.5 Å². The fourth-order valence-electron chi connectivity index (χ4n) is 1.71. The van der Waals surface area contributed by atoms with Gasteiger partial charge in [0.25, 0.3) is 0 Å². The lowest BCUT2D eigenvalue weighted by Crippen LogP contribution is -2.44. The van der Waals surface area contributed by atoms with E-state index in [2.05, 4.69) is 56.5 Å². The van der Waals surface area contributed by atoms with Crippen molar-refractivity contribution in [3.05, 3.63) is 40.0 Å². The lowest BCUT2D eigenvalue weighted by Gasteiger charge is -2.38. The van der Waals surface area contributed by atoms with Crippen LogP contribution in [0.1, 0.15) is 26.3 Å². The molecule has 0 aliphatic heterocycles. The molecule has 0 unspecified atom stereocenters. The van der Waals surface area contributed by atoms with Crippen LogP contribution in [-0.4, -0.2) is 21.0 Å². The van der Waals surface area contributed by atoms with Gasteiger partial charge < -0.3 is 9.16 Å². The Morgan fingerprint density at radius 3 is 2.33 bits per heavy atom. The van der Waals surface area contributed by atoms with Crippen molar-refractivity contribution in [1.29, 1.82) is 0 Å². The van der Waals surface area contributed by atoms with Crippen LogP contribution in [0.5, 0.6) is 5.75 Å². The van der Waals surface area contributed by atoms with Crippen molar-refractivity contribution in [2.24, 2.45) is 0 Å². The largest absolute Gasteiger partial charge is 0.491 e. The molecule has 0 fully saturated rings. The van der Waals surface area contributed by atoms with Gasteiger partial charge in [0, 0.05) is 0 Å². The van der Waals surface area contributed by atoms with E-state index in [1.54, 1.807) is 0 Å². The van der Waals surface area contributed by atoms with Crippen molar-refractivity contribution in [3.63, 3.8) is 0 Å². The zero-order valence-electron chi connectivity index (χ0n) is 14.6. The minimum absolute atomic E-state index is 0.0422. The molecule has 1 aromatic carbocycles. The summed E-state index contributed by atoms with van der Waals surface area (Å²) in [6, 6.07) is 4.90. The molecule has 0 amide bonds. The van der Waals surface area contributed by atoms with Crippen molar-refractivity contribution >= 4 is 30.9 Å². The third-order valence-corrected chi connectivity index (χ3v) is 9.03. The first-order chi connectivity index (χ1) is 10.9. The molecule has 1 rings (SSSR count). The standard InChI is InChI=1S/C17H24F3IO2Si/c1-16(2,3)24(4,5)23-15(9-10-21)12-22-14-8-6-7-13(11-14)17(18,19)20/h6-11,15H,12H2,1-5H3/t15-/m1/s1. The smallest absolute Gasteiger partial charge is 0.416 e. The molecule has 0 aromatic heterocycles. The summed E-state index contributed by atoms with van der Waals surface area (Å²) in [4.78, 5) is 0. The molecule has 7 heteroatoms. The Morgan fingerprint density at radius 2 is 1.83 bits per heavy atom. The molecule has 1 atom stereocenters. The molecule has 2 nitrogen and oxygen atoms in total. The van der Waals surface area contributed by atoms with E-state index in [9.17, 15) is 13.2 Å². The molecule has 0 N–H and O–H groups in total. The Balaban J connectivity index is 2.81. The molecule has 0 radical (unpaired) electrons. The number of benzene rings is 1. The van der Waals surface area contributed by atoms with Gasteiger partial charge in [0.2, 0.25) is 0 Å². The maximum Gasteiger partial charge on any atom is 0.416 e. The van der Waals surface area contributed by atoms with Crippen LogP contribution in [-0.2, 0) is 10.6 Å². The predicted octanol–water partition coefficient (Wildman–Crippen LogP) is 6.42. The molecule has 136 valence electrons. The maximum absolute atomic E-state index is 12.8. The van der Waals surface area contributed by atoms with Gasteiger partial charge in [-0.3, -0.25) is 0 Å². The van der Waals surface area contributed by atoms with Gasteiger partial charge in [0.15, 0.2) is 8.32 Å². The Kier molecular flexibility index (Phi) is 7.37. The summed E-state index contributed by atoms with van der Waals surface area (Å²) in [5.74, 6) is 0.190. The number of alkyl halides is 3. The van der Waals surface area contributed by atoms with Gasteiger partial charge in [-0.05, 0) is 46.5 Å². The molecular weight excluding hydrogens is 448 g/mol. The van der Waals surface area contributed by atoms with E-state index in [1.165, 1.54) is 12.1 Å². The van der Waals surface area contributed by atoms with Crippen molar-refractivity contribution in [1.82, 2.24) is 0 Å². The molecule has 1 aromatic rings. The summed E-state index contributed by atoms with van der Waals surface area (Å²) in [6.45, 7) is 10.8. The van der Waals surface area contributed by atoms with E-state index in [4.69, 9.17) is 9.16 Å². The summed E-state index contributed by atoms with van der Waals surface area (Å²) in [5.41, 5.74) is -0.716. The van der Waals surface area contributed by atoms with Crippen LogP contribution >= 0.6 is 22.6 Å². The van der Waals surface area contributed by atoms with Crippen LogP contribution in [0.3, 0.4) is 0 Å². The van der Waals surface area contributed by atoms with Gasteiger partial charge >= 0.3 is 6.18 Å². The number of hydrogen-bond acceptors (Lipinski definition) is 2. The quantitative estimate of drug-likeness (QED) is 0.351. The number of rotatable bonds is 6. The predicted molar refractivity (Wildman–Crippen MR) is 102 cm³/mol. The normalized spacial score (nSPS) is 14.9. The van der Waals surface area contributed by atoms with Crippen LogP contribution in [0.4, 0.5) is 13.2 Å². The molecule has 24 heavy (non-hydrogen) atoms. The van der Waals surface area contributed by atoms with Crippen LogP contribution in [0, 0.1) is 0 Å². The van der Waals surface area contributed by atoms with Gasteiger partial charge in [-0.15, -0.1) is 0 Å². The highest BCUT2D eigenvalue weighted by Crippen LogP contribution is 2.37. The molecule has 0 spiro atoms. The van der Waals surface area contributed by atoms with Gasteiger partial charge in [-0.25, -0.2) is 0 Å². The maximum atomic E-state index is 12.8. The zero-order valence-corrected chi connectivity index (χ0v) is 17.7. The summed E-state index contributed by atoms with van der Waals surface area (Å²) < 4.78 is 51.9. The molecule has 0 heterocycles. The average Bonchev–Trinajstić information content (AvgIpc) is 2.43. The van der Waals surface area contributed by atoms with Gasteiger partial charge in [0.05, 0.1) is 11.7 Å². The van der Waals surface area contributed by atoms with E-state index in [1.807, 2.05) is 10.2 Å². The van der Waals surface area contributed by atoms with Crippen molar-refractivity contribution in [2.45, 2.75) is 51.2 Å². The summed E-state index contributed by atoms with van der Waals surface area (Å²) in [6.07, 6.45) is -2.80. The third kappa shape index (κ3) is 6.40. The fourth-order valence-corrected chi connectivity index (χ4v) is 3.43. The van der Waals surface area contributed by atoms with E-state index < -0.39 is 20.1 Å². The van der Waals surface area contributed by atoms with Crippen molar-refractivity contribution in [2.75, 3.05) is 6.61 Å².